The molecule has 0 amide bonds. The van der Waals surface area contributed by atoms with Crippen molar-refractivity contribution in [3.63, 3.8) is 0 Å². The van der Waals surface area contributed by atoms with Gasteiger partial charge < -0.3 is 10.5 Å². The lowest BCUT2D eigenvalue weighted by molar-refractivity contribution is 0.305. The van der Waals surface area contributed by atoms with Gasteiger partial charge in [-0.05, 0) is 37.9 Å². The number of rotatable bonds is 12. The van der Waals surface area contributed by atoms with Gasteiger partial charge in [0.1, 0.15) is 5.75 Å². The zero-order chi connectivity index (χ0) is 16.3. The van der Waals surface area contributed by atoms with Gasteiger partial charge in [0.25, 0.3) is 0 Å². The highest BCUT2D eigenvalue weighted by Crippen LogP contribution is 2.19. The number of ether oxygens (including phenoxy) is 1. The second-order valence-electron chi connectivity index (χ2n) is 5.35. The molecule has 126 valence electrons. The van der Waals surface area contributed by atoms with E-state index in [0.717, 1.165) is 38.6 Å². The quantitative estimate of drug-likeness (QED) is 0.578. The summed E-state index contributed by atoms with van der Waals surface area (Å²) in [4.78, 5) is 0. The number of hydrogen-bond donors (Lipinski definition) is 2. The Kier molecular flexibility index (Phi) is 8.92. The van der Waals surface area contributed by atoms with E-state index in [4.69, 9.17) is 10.5 Å². The first-order valence-corrected chi connectivity index (χ1v) is 9.66. The van der Waals surface area contributed by atoms with Crippen LogP contribution in [0.4, 0.5) is 5.69 Å². The molecule has 22 heavy (non-hydrogen) atoms. The summed E-state index contributed by atoms with van der Waals surface area (Å²) in [7, 11) is -3.27. The number of anilines is 1. The SMILES string of the molecule is CCCCS(=O)(=O)Nc1cccc(OCCCCCCN)c1. The summed E-state index contributed by atoms with van der Waals surface area (Å²) in [5.74, 6) is 0.838. The Morgan fingerprint density at radius 2 is 1.91 bits per heavy atom. The van der Waals surface area contributed by atoms with Crippen LogP contribution in [0, 0.1) is 0 Å². The molecule has 0 aromatic heterocycles. The number of nitrogens with one attached hydrogen (secondary N) is 1. The van der Waals surface area contributed by atoms with Crippen LogP contribution < -0.4 is 15.2 Å². The van der Waals surface area contributed by atoms with Gasteiger partial charge in [0.2, 0.25) is 10.0 Å². The molecule has 0 radical (unpaired) electrons. The van der Waals surface area contributed by atoms with Gasteiger partial charge in [-0.2, -0.15) is 0 Å². The minimum Gasteiger partial charge on any atom is -0.494 e. The number of unbranched alkanes of at least 4 members (excludes halogenated alkanes) is 4. The molecule has 1 aromatic carbocycles. The number of benzene rings is 1. The fourth-order valence-electron chi connectivity index (χ4n) is 2.00. The molecule has 0 aliphatic heterocycles. The molecular formula is C16H28N2O3S. The van der Waals surface area contributed by atoms with Gasteiger partial charge in [-0.1, -0.05) is 32.3 Å². The van der Waals surface area contributed by atoms with Crippen LogP contribution in [0.3, 0.4) is 0 Å². The molecule has 0 bridgehead atoms. The highest BCUT2D eigenvalue weighted by molar-refractivity contribution is 7.92. The zero-order valence-electron chi connectivity index (χ0n) is 13.4. The van der Waals surface area contributed by atoms with Crippen molar-refractivity contribution in [3.05, 3.63) is 24.3 Å². The third-order valence-corrected chi connectivity index (χ3v) is 4.61. The van der Waals surface area contributed by atoms with E-state index < -0.39 is 10.0 Å². The van der Waals surface area contributed by atoms with Crippen LogP contribution in [0.1, 0.15) is 45.4 Å². The number of hydrogen-bond acceptors (Lipinski definition) is 4. The first kappa shape index (κ1) is 18.8. The molecule has 0 saturated heterocycles. The summed E-state index contributed by atoms with van der Waals surface area (Å²) in [5, 5.41) is 0. The van der Waals surface area contributed by atoms with Crippen LogP contribution in [0.5, 0.6) is 5.75 Å². The second-order valence-corrected chi connectivity index (χ2v) is 7.20. The summed E-state index contributed by atoms with van der Waals surface area (Å²) in [5.41, 5.74) is 6.00. The molecule has 6 heteroatoms. The first-order chi connectivity index (χ1) is 10.6. The largest absolute Gasteiger partial charge is 0.494 e. The number of nitrogens with two attached hydrogens (primary N) is 1. The van der Waals surface area contributed by atoms with Crippen molar-refractivity contribution in [3.8, 4) is 5.75 Å². The topological polar surface area (TPSA) is 81.4 Å². The molecule has 1 aromatic rings. The molecule has 0 saturated carbocycles. The van der Waals surface area contributed by atoms with E-state index in [1.807, 2.05) is 13.0 Å². The fraction of sp³-hybridized carbons (Fsp3) is 0.625. The minimum atomic E-state index is -3.27. The Morgan fingerprint density at radius 3 is 2.64 bits per heavy atom. The maximum atomic E-state index is 11.9. The summed E-state index contributed by atoms with van der Waals surface area (Å²) in [6.07, 6.45) is 5.77. The monoisotopic (exact) mass is 328 g/mol. The Morgan fingerprint density at radius 1 is 1.14 bits per heavy atom. The molecule has 0 fully saturated rings. The molecular weight excluding hydrogens is 300 g/mol. The Balaban J connectivity index is 2.42. The van der Waals surface area contributed by atoms with Gasteiger partial charge in [0, 0.05) is 6.07 Å². The van der Waals surface area contributed by atoms with Crippen LogP contribution in [0.2, 0.25) is 0 Å². The fourth-order valence-corrected chi connectivity index (χ4v) is 3.26. The highest BCUT2D eigenvalue weighted by Gasteiger charge is 2.09. The predicted octanol–water partition coefficient (Wildman–Crippen LogP) is 3.13. The molecule has 1 rings (SSSR count). The van der Waals surface area contributed by atoms with E-state index >= 15 is 0 Å². The molecule has 0 unspecified atom stereocenters. The molecule has 0 heterocycles. The Hall–Kier alpha value is -1.27. The molecule has 5 nitrogen and oxygen atoms in total. The molecule has 0 atom stereocenters. The predicted molar refractivity (Wildman–Crippen MR) is 91.8 cm³/mol. The van der Waals surface area contributed by atoms with E-state index in [9.17, 15) is 8.42 Å². The van der Waals surface area contributed by atoms with E-state index in [0.29, 0.717) is 24.5 Å². The molecule has 0 aliphatic carbocycles. The van der Waals surface area contributed by atoms with Crippen LogP contribution in [-0.2, 0) is 10.0 Å². The van der Waals surface area contributed by atoms with Crippen molar-refractivity contribution < 1.29 is 13.2 Å². The van der Waals surface area contributed by atoms with Crippen molar-refractivity contribution >= 4 is 15.7 Å². The summed E-state index contributed by atoms with van der Waals surface area (Å²) in [6.45, 7) is 3.34. The molecule has 3 N–H and O–H groups in total. The summed E-state index contributed by atoms with van der Waals surface area (Å²) >= 11 is 0. The molecule has 0 spiro atoms. The van der Waals surface area contributed by atoms with Gasteiger partial charge in [0.05, 0.1) is 18.0 Å². The van der Waals surface area contributed by atoms with Crippen LogP contribution in [-0.4, -0.2) is 27.3 Å². The van der Waals surface area contributed by atoms with Crippen molar-refractivity contribution in [1.29, 1.82) is 0 Å². The average molecular weight is 328 g/mol. The van der Waals surface area contributed by atoms with Crippen molar-refractivity contribution in [1.82, 2.24) is 0 Å². The van der Waals surface area contributed by atoms with Crippen LogP contribution >= 0.6 is 0 Å². The standard InChI is InChI=1S/C16H28N2O3S/c1-2-3-13-22(19,20)18-15-9-8-10-16(14-15)21-12-7-5-4-6-11-17/h8-10,14,18H,2-7,11-13,17H2,1H3. The minimum absolute atomic E-state index is 0.149. The Bertz CT molecular complexity index is 518. The smallest absolute Gasteiger partial charge is 0.232 e. The number of sulfonamides is 1. The normalized spacial score (nSPS) is 11.4. The van der Waals surface area contributed by atoms with Crippen LogP contribution in [0.25, 0.3) is 0 Å². The maximum Gasteiger partial charge on any atom is 0.232 e. The van der Waals surface area contributed by atoms with Crippen molar-refractivity contribution in [2.45, 2.75) is 45.4 Å². The van der Waals surface area contributed by atoms with Crippen LogP contribution in [0.15, 0.2) is 24.3 Å². The van der Waals surface area contributed by atoms with Gasteiger partial charge in [-0.15, -0.1) is 0 Å². The van der Waals surface area contributed by atoms with E-state index in [2.05, 4.69) is 4.72 Å². The average Bonchev–Trinajstić information content (AvgIpc) is 2.49. The van der Waals surface area contributed by atoms with E-state index in [1.54, 1.807) is 18.2 Å². The maximum absolute atomic E-state index is 11.9. The van der Waals surface area contributed by atoms with E-state index in [-0.39, 0.29) is 5.75 Å². The van der Waals surface area contributed by atoms with Crippen molar-refractivity contribution in [2.75, 3.05) is 23.6 Å². The lowest BCUT2D eigenvalue weighted by Gasteiger charge is -2.10. The highest BCUT2D eigenvalue weighted by atomic mass is 32.2. The second kappa shape index (κ2) is 10.5. The van der Waals surface area contributed by atoms with Gasteiger partial charge in [-0.25, -0.2) is 8.42 Å². The van der Waals surface area contributed by atoms with Crippen molar-refractivity contribution in [2.24, 2.45) is 5.73 Å². The third-order valence-electron chi connectivity index (χ3n) is 3.24. The van der Waals surface area contributed by atoms with Gasteiger partial charge >= 0.3 is 0 Å². The molecule has 0 aliphatic rings. The zero-order valence-corrected chi connectivity index (χ0v) is 14.2. The lowest BCUT2D eigenvalue weighted by Crippen LogP contribution is -2.16. The van der Waals surface area contributed by atoms with E-state index in [1.165, 1.54) is 0 Å². The first-order valence-electron chi connectivity index (χ1n) is 8.01. The Labute approximate surface area is 134 Å². The van der Waals surface area contributed by atoms with Gasteiger partial charge in [0.15, 0.2) is 0 Å². The lowest BCUT2D eigenvalue weighted by atomic mass is 10.2. The van der Waals surface area contributed by atoms with Gasteiger partial charge in [-0.3, -0.25) is 4.72 Å². The third kappa shape index (κ3) is 8.24. The summed E-state index contributed by atoms with van der Waals surface area (Å²) in [6, 6.07) is 7.09. The summed E-state index contributed by atoms with van der Waals surface area (Å²) < 4.78 is 32.0.